The van der Waals surface area contributed by atoms with Gasteiger partial charge in [-0.05, 0) is 64.7 Å². The number of rotatable bonds is 2. The Morgan fingerprint density at radius 3 is 2.19 bits per heavy atom. The lowest BCUT2D eigenvalue weighted by molar-refractivity contribution is 0.669. The molecule has 0 radical (unpaired) electrons. The Labute approximate surface area is 185 Å². The van der Waals surface area contributed by atoms with E-state index in [1.807, 2.05) is 12.1 Å². The summed E-state index contributed by atoms with van der Waals surface area (Å²) in [6, 6.07) is 34.9. The monoisotopic (exact) mass is 411 g/mol. The normalized spacial score (nSPS) is 12.0. The van der Waals surface area contributed by atoms with Crippen LogP contribution in [-0.4, -0.2) is 4.57 Å². The lowest BCUT2D eigenvalue weighted by Gasteiger charge is -2.04. The fourth-order valence-electron chi connectivity index (χ4n) is 5.26. The molecule has 152 valence electrons. The van der Waals surface area contributed by atoms with E-state index in [1.54, 1.807) is 0 Å². The zero-order valence-corrected chi connectivity index (χ0v) is 17.8. The van der Waals surface area contributed by atoms with Crippen LogP contribution in [0.25, 0.3) is 54.5 Å². The first-order valence-electron chi connectivity index (χ1n) is 11.1. The molecule has 0 aliphatic carbocycles. The molecule has 2 heteroatoms. The van der Waals surface area contributed by atoms with Gasteiger partial charge in [-0.2, -0.15) is 0 Å². The minimum absolute atomic E-state index is 0.895. The van der Waals surface area contributed by atoms with Crippen LogP contribution < -0.4 is 0 Å². The molecule has 0 N–H and O–H groups in total. The van der Waals surface area contributed by atoms with Crippen molar-refractivity contribution in [2.45, 2.75) is 6.42 Å². The molecule has 0 atom stereocenters. The van der Waals surface area contributed by atoms with E-state index < -0.39 is 0 Å². The van der Waals surface area contributed by atoms with Gasteiger partial charge in [0.15, 0.2) is 0 Å². The highest BCUT2D eigenvalue weighted by Crippen LogP contribution is 2.35. The molecule has 0 spiro atoms. The van der Waals surface area contributed by atoms with Crippen LogP contribution in [-0.2, 0) is 13.5 Å². The van der Waals surface area contributed by atoms with E-state index in [1.165, 1.54) is 54.5 Å². The number of fused-ring (bicyclic) bond motifs is 8. The number of benzene rings is 5. The number of furan rings is 1. The summed E-state index contributed by atoms with van der Waals surface area (Å²) in [4.78, 5) is 0. The highest BCUT2D eigenvalue weighted by molar-refractivity contribution is 6.20. The van der Waals surface area contributed by atoms with Gasteiger partial charge in [-0.15, -0.1) is 0 Å². The van der Waals surface area contributed by atoms with Crippen LogP contribution >= 0.6 is 0 Å². The van der Waals surface area contributed by atoms with Crippen molar-refractivity contribution >= 4 is 54.5 Å². The summed E-state index contributed by atoms with van der Waals surface area (Å²) in [6.45, 7) is 0. The van der Waals surface area contributed by atoms with Crippen LogP contribution in [0.2, 0.25) is 0 Å². The number of para-hydroxylation sites is 1. The topological polar surface area (TPSA) is 18.1 Å². The molecule has 7 aromatic rings. The predicted molar refractivity (Wildman–Crippen MR) is 134 cm³/mol. The Balaban J connectivity index is 1.40. The average molecular weight is 412 g/mol. The van der Waals surface area contributed by atoms with E-state index >= 15 is 0 Å². The first-order valence-corrected chi connectivity index (χ1v) is 11.1. The van der Waals surface area contributed by atoms with Gasteiger partial charge < -0.3 is 8.98 Å². The van der Waals surface area contributed by atoms with Gasteiger partial charge in [-0.25, -0.2) is 0 Å². The molecule has 0 saturated heterocycles. The number of hydrogen-bond acceptors (Lipinski definition) is 1. The molecule has 0 aliphatic heterocycles. The summed E-state index contributed by atoms with van der Waals surface area (Å²) in [5.41, 5.74) is 7.08. The van der Waals surface area contributed by atoms with Crippen LogP contribution in [0.1, 0.15) is 11.1 Å². The Hall–Kier alpha value is -4.04. The van der Waals surface area contributed by atoms with Gasteiger partial charge in [0.25, 0.3) is 0 Å². The molecule has 32 heavy (non-hydrogen) atoms. The summed E-state index contributed by atoms with van der Waals surface area (Å²) in [6.07, 6.45) is 0.895. The number of aryl methyl sites for hydroxylation is 1. The van der Waals surface area contributed by atoms with Gasteiger partial charge in [0.05, 0.1) is 0 Å². The van der Waals surface area contributed by atoms with E-state index in [-0.39, 0.29) is 0 Å². The molecule has 0 bridgehead atoms. The fourth-order valence-corrected chi connectivity index (χ4v) is 5.26. The molecule has 2 aromatic heterocycles. The second-order valence-corrected chi connectivity index (χ2v) is 8.70. The van der Waals surface area contributed by atoms with Crippen molar-refractivity contribution in [3.63, 3.8) is 0 Å². The van der Waals surface area contributed by atoms with E-state index in [9.17, 15) is 0 Å². The van der Waals surface area contributed by atoms with Crippen molar-refractivity contribution < 1.29 is 4.42 Å². The van der Waals surface area contributed by atoms with Crippen LogP contribution in [0.4, 0.5) is 0 Å². The lowest BCUT2D eigenvalue weighted by atomic mass is 9.99. The molecular formula is C30H21NO. The summed E-state index contributed by atoms with van der Waals surface area (Å²) < 4.78 is 8.31. The summed E-state index contributed by atoms with van der Waals surface area (Å²) in [7, 11) is 2.16. The Bertz CT molecular complexity index is 1820. The smallest absolute Gasteiger partial charge is 0.135 e. The standard InChI is InChI=1S/C30H21NO/c1-31-26-13-10-19(18-25(26)30-22-7-3-2-6-21(22)12-14-27(30)31)16-20-11-15-29-24(17-20)23-8-4-5-9-28(23)32-29/h2-15,17-18H,16H2,1H3. The summed E-state index contributed by atoms with van der Waals surface area (Å²) >= 11 is 0. The molecule has 0 aliphatic rings. The Morgan fingerprint density at radius 2 is 1.28 bits per heavy atom. The number of hydrogen-bond donors (Lipinski definition) is 0. The minimum atomic E-state index is 0.895. The first kappa shape index (κ1) is 17.6. The van der Waals surface area contributed by atoms with E-state index in [2.05, 4.69) is 96.5 Å². The van der Waals surface area contributed by atoms with Crippen molar-refractivity contribution in [3.05, 3.63) is 108 Å². The van der Waals surface area contributed by atoms with Crippen molar-refractivity contribution in [2.24, 2.45) is 7.05 Å². The Morgan fingerprint density at radius 1 is 0.594 bits per heavy atom. The molecule has 0 fully saturated rings. The van der Waals surface area contributed by atoms with E-state index in [0.29, 0.717) is 0 Å². The van der Waals surface area contributed by atoms with Crippen molar-refractivity contribution in [2.75, 3.05) is 0 Å². The maximum absolute atomic E-state index is 6.00. The van der Waals surface area contributed by atoms with Crippen LogP contribution in [0, 0.1) is 0 Å². The second kappa shape index (κ2) is 6.48. The van der Waals surface area contributed by atoms with E-state index in [0.717, 1.165) is 17.6 Å². The predicted octanol–water partition coefficient (Wildman–Crippen LogP) is 7.97. The molecule has 7 rings (SSSR count). The largest absolute Gasteiger partial charge is 0.456 e. The average Bonchev–Trinajstić information content (AvgIpc) is 3.34. The molecule has 2 heterocycles. The van der Waals surface area contributed by atoms with E-state index in [4.69, 9.17) is 4.42 Å². The first-order chi connectivity index (χ1) is 15.8. The Kier molecular flexibility index (Phi) is 3.57. The van der Waals surface area contributed by atoms with Gasteiger partial charge in [0.1, 0.15) is 11.2 Å². The van der Waals surface area contributed by atoms with Gasteiger partial charge in [-0.1, -0.05) is 60.7 Å². The highest BCUT2D eigenvalue weighted by atomic mass is 16.3. The fraction of sp³-hybridized carbons (Fsp3) is 0.0667. The quantitative estimate of drug-likeness (QED) is 0.282. The third kappa shape index (κ3) is 2.47. The SMILES string of the molecule is Cn1c2ccc(Cc3ccc4oc5ccccc5c4c3)cc2c2c3ccccc3ccc21. The molecule has 0 unspecified atom stereocenters. The number of aromatic nitrogens is 1. The van der Waals surface area contributed by atoms with Gasteiger partial charge in [0, 0.05) is 39.6 Å². The van der Waals surface area contributed by atoms with Gasteiger partial charge in [0.2, 0.25) is 0 Å². The van der Waals surface area contributed by atoms with Crippen molar-refractivity contribution in [1.29, 1.82) is 0 Å². The van der Waals surface area contributed by atoms with Gasteiger partial charge >= 0.3 is 0 Å². The molecule has 0 saturated carbocycles. The summed E-state index contributed by atoms with van der Waals surface area (Å²) in [5.74, 6) is 0. The van der Waals surface area contributed by atoms with Crippen molar-refractivity contribution in [3.8, 4) is 0 Å². The maximum Gasteiger partial charge on any atom is 0.135 e. The maximum atomic E-state index is 6.00. The summed E-state index contributed by atoms with van der Waals surface area (Å²) in [5, 5.41) is 7.65. The molecule has 2 nitrogen and oxygen atoms in total. The third-order valence-corrected chi connectivity index (χ3v) is 6.81. The highest BCUT2D eigenvalue weighted by Gasteiger charge is 2.13. The van der Waals surface area contributed by atoms with Gasteiger partial charge in [-0.3, -0.25) is 0 Å². The second-order valence-electron chi connectivity index (χ2n) is 8.70. The zero-order valence-electron chi connectivity index (χ0n) is 17.8. The molecular weight excluding hydrogens is 390 g/mol. The third-order valence-electron chi connectivity index (χ3n) is 6.81. The van der Waals surface area contributed by atoms with Crippen LogP contribution in [0.5, 0.6) is 0 Å². The van der Waals surface area contributed by atoms with Crippen LogP contribution in [0.3, 0.4) is 0 Å². The molecule has 5 aromatic carbocycles. The lowest BCUT2D eigenvalue weighted by Crippen LogP contribution is -1.89. The van der Waals surface area contributed by atoms with Crippen molar-refractivity contribution in [1.82, 2.24) is 4.57 Å². The van der Waals surface area contributed by atoms with Crippen LogP contribution in [0.15, 0.2) is 101 Å². The number of nitrogens with zero attached hydrogens (tertiary/aromatic N) is 1. The molecule has 0 amide bonds. The zero-order chi connectivity index (χ0) is 21.2. The minimum Gasteiger partial charge on any atom is -0.456 e.